The van der Waals surface area contributed by atoms with Gasteiger partial charge in [-0.05, 0) is 37.8 Å². The second-order valence-corrected chi connectivity index (χ2v) is 8.86. The predicted molar refractivity (Wildman–Crippen MR) is 98.6 cm³/mol. The van der Waals surface area contributed by atoms with E-state index in [1.54, 1.807) is 18.3 Å². The van der Waals surface area contributed by atoms with Crippen LogP contribution in [-0.2, 0) is 24.3 Å². The van der Waals surface area contributed by atoms with Crippen LogP contribution in [0.5, 0.6) is 0 Å². The maximum Gasteiger partial charge on any atom is 0.249 e. The van der Waals surface area contributed by atoms with E-state index >= 15 is 0 Å². The van der Waals surface area contributed by atoms with Gasteiger partial charge in [-0.1, -0.05) is 0 Å². The number of rotatable bonds is 6. The number of amides is 1. The van der Waals surface area contributed by atoms with E-state index < -0.39 is 10.0 Å². The third-order valence-electron chi connectivity index (χ3n) is 5.16. The van der Waals surface area contributed by atoms with Crippen molar-refractivity contribution in [2.75, 3.05) is 40.0 Å². The third kappa shape index (κ3) is 4.66. The smallest absolute Gasteiger partial charge is 0.249 e. The van der Waals surface area contributed by atoms with Crippen LogP contribution < -0.4 is 0 Å². The van der Waals surface area contributed by atoms with Crippen LogP contribution in [0, 0.1) is 0 Å². The van der Waals surface area contributed by atoms with Crippen LogP contribution in [0.25, 0.3) is 0 Å². The van der Waals surface area contributed by atoms with Gasteiger partial charge in [-0.2, -0.15) is 4.31 Å². The molecular weight excluding hydrogens is 370 g/mol. The Morgan fingerprint density at radius 2 is 2.11 bits per heavy atom. The summed E-state index contributed by atoms with van der Waals surface area (Å²) in [7, 11) is -2.12. The zero-order chi connectivity index (χ0) is 19.3. The number of pyridine rings is 1. The van der Waals surface area contributed by atoms with Crippen LogP contribution in [0.4, 0.5) is 0 Å². The van der Waals surface area contributed by atoms with Crippen molar-refractivity contribution in [3.63, 3.8) is 0 Å². The largest absolute Gasteiger partial charge is 0.381 e. The van der Waals surface area contributed by atoms with Crippen molar-refractivity contribution < 1.29 is 22.7 Å². The van der Waals surface area contributed by atoms with Gasteiger partial charge in [0.05, 0.1) is 0 Å². The van der Waals surface area contributed by atoms with E-state index in [4.69, 9.17) is 9.47 Å². The Morgan fingerprint density at radius 3 is 2.78 bits per heavy atom. The number of hydrogen-bond donors (Lipinski definition) is 0. The van der Waals surface area contributed by atoms with E-state index in [-0.39, 0.29) is 29.5 Å². The standard InChI is InChI=1S/C18H27N3O5S/c1-25-14-18(22)21(15-6-10-26-11-7-15)16-4-3-9-20(13-16)27(23,24)17-5-2-8-19-12-17/h2,5,8,12,15-16H,3-4,6-7,9-11,13-14H2,1H3. The zero-order valence-corrected chi connectivity index (χ0v) is 16.4. The van der Waals surface area contributed by atoms with Crippen molar-refractivity contribution >= 4 is 15.9 Å². The zero-order valence-electron chi connectivity index (χ0n) is 15.6. The van der Waals surface area contributed by atoms with Crippen LogP contribution in [-0.4, -0.2) is 80.6 Å². The number of nitrogens with zero attached hydrogens (tertiary/aromatic N) is 3. The predicted octanol–water partition coefficient (Wildman–Crippen LogP) is 0.889. The quantitative estimate of drug-likeness (QED) is 0.708. The molecule has 3 heterocycles. The van der Waals surface area contributed by atoms with Crippen LogP contribution in [0.2, 0.25) is 0 Å². The topological polar surface area (TPSA) is 89.0 Å². The molecule has 2 saturated heterocycles. The first-order valence-electron chi connectivity index (χ1n) is 9.32. The molecule has 2 fully saturated rings. The van der Waals surface area contributed by atoms with E-state index in [0.29, 0.717) is 32.7 Å². The molecule has 8 nitrogen and oxygen atoms in total. The Labute approximate surface area is 160 Å². The van der Waals surface area contributed by atoms with Gasteiger partial charge in [-0.3, -0.25) is 9.78 Å². The van der Waals surface area contributed by atoms with Gasteiger partial charge < -0.3 is 14.4 Å². The van der Waals surface area contributed by atoms with Crippen LogP contribution in [0.15, 0.2) is 29.4 Å². The summed E-state index contributed by atoms with van der Waals surface area (Å²) in [5, 5.41) is 0. The van der Waals surface area contributed by atoms with E-state index in [0.717, 1.165) is 19.3 Å². The molecule has 1 unspecified atom stereocenters. The van der Waals surface area contributed by atoms with Crippen molar-refractivity contribution in [1.82, 2.24) is 14.2 Å². The number of carbonyl (C=O) groups is 1. The van der Waals surface area contributed by atoms with Gasteiger partial charge in [-0.15, -0.1) is 0 Å². The molecule has 0 aliphatic carbocycles. The summed E-state index contributed by atoms with van der Waals surface area (Å²) in [6, 6.07) is 3.08. The number of aromatic nitrogens is 1. The summed E-state index contributed by atoms with van der Waals surface area (Å²) in [6.45, 7) is 1.98. The lowest BCUT2D eigenvalue weighted by Crippen LogP contribution is -2.56. The summed E-state index contributed by atoms with van der Waals surface area (Å²) >= 11 is 0. The minimum Gasteiger partial charge on any atom is -0.381 e. The third-order valence-corrected chi connectivity index (χ3v) is 7.01. The van der Waals surface area contributed by atoms with Gasteiger partial charge >= 0.3 is 0 Å². The molecule has 1 atom stereocenters. The van der Waals surface area contributed by atoms with E-state index in [1.165, 1.54) is 17.6 Å². The second-order valence-electron chi connectivity index (χ2n) is 6.93. The first kappa shape index (κ1) is 20.2. The molecule has 0 bridgehead atoms. The lowest BCUT2D eigenvalue weighted by molar-refractivity contribution is -0.143. The van der Waals surface area contributed by atoms with Gasteiger partial charge in [0.15, 0.2) is 0 Å². The second kappa shape index (κ2) is 9.09. The first-order chi connectivity index (χ1) is 13.0. The number of sulfonamides is 1. The number of ether oxygens (including phenoxy) is 2. The number of carbonyl (C=O) groups excluding carboxylic acids is 1. The highest BCUT2D eigenvalue weighted by Crippen LogP contribution is 2.26. The van der Waals surface area contributed by atoms with Crippen molar-refractivity contribution in [3.05, 3.63) is 24.5 Å². The maximum atomic E-state index is 13.0. The molecule has 9 heteroatoms. The maximum absolute atomic E-state index is 13.0. The monoisotopic (exact) mass is 397 g/mol. The molecule has 1 amide bonds. The van der Waals surface area contributed by atoms with Gasteiger partial charge in [-0.25, -0.2) is 8.42 Å². The molecule has 1 aromatic rings. The van der Waals surface area contributed by atoms with Gasteiger partial charge in [0, 0.05) is 57.9 Å². The average Bonchev–Trinajstić information content (AvgIpc) is 2.70. The Balaban J connectivity index is 1.80. The molecular formula is C18H27N3O5S. The summed E-state index contributed by atoms with van der Waals surface area (Å²) in [4.78, 5) is 18.7. The van der Waals surface area contributed by atoms with E-state index in [2.05, 4.69) is 4.98 Å². The summed E-state index contributed by atoms with van der Waals surface area (Å²) in [6.07, 6.45) is 5.94. The summed E-state index contributed by atoms with van der Waals surface area (Å²) in [5.41, 5.74) is 0. The fraction of sp³-hybridized carbons (Fsp3) is 0.667. The highest BCUT2D eigenvalue weighted by atomic mass is 32.2. The van der Waals surface area contributed by atoms with Crippen molar-refractivity contribution in [2.24, 2.45) is 0 Å². The molecule has 0 saturated carbocycles. The number of hydrogen-bond acceptors (Lipinski definition) is 6. The lowest BCUT2D eigenvalue weighted by atomic mass is 9.99. The highest BCUT2D eigenvalue weighted by molar-refractivity contribution is 7.89. The SMILES string of the molecule is COCC(=O)N(C1CCOCC1)C1CCCN(S(=O)(=O)c2cccnc2)C1. The van der Waals surface area contributed by atoms with E-state index in [9.17, 15) is 13.2 Å². The Bertz CT molecular complexity index is 722. The Hall–Kier alpha value is -1.55. The van der Waals surface area contributed by atoms with Gasteiger partial charge in [0.2, 0.25) is 15.9 Å². The molecule has 3 rings (SSSR count). The van der Waals surface area contributed by atoms with Crippen LogP contribution >= 0.6 is 0 Å². The number of piperidine rings is 1. The average molecular weight is 397 g/mol. The van der Waals surface area contributed by atoms with Crippen molar-refractivity contribution in [2.45, 2.75) is 42.7 Å². The fourth-order valence-corrected chi connectivity index (χ4v) is 5.36. The minimum absolute atomic E-state index is 0.00319. The molecule has 2 aliphatic heterocycles. The van der Waals surface area contributed by atoms with Crippen LogP contribution in [0.1, 0.15) is 25.7 Å². The molecule has 0 spiro atoms. The highest BCUT2D eigenvalue weighted by Gasteiger charge is 2.37. The summed E-state index contributed by atoms with van der Waals surface area (Å²) in [5.74, 6) is -0.0879. The van der Waals surface area contributed by atoms with E-state index in [1.807, 2.05) is 4.90 Å². The molecule has 27 heavy (non-hydrogen) atoms. The fourth-order valence-electron chi connectivity index (χ4n) is 3.88. The molecule has 1 aromatic heterocycles. The lowest BCUT2D eigenvalue weighted by Gasteiger charge is -2.43. The van der Waals surface area contributed by atoms with Gasteiger partial charge in [0.1, 0.15) is 11.5 Å². The molecule has 0 aromatic carbocycles. The van der Waals surface area contributed by atoms with Crippen molar-refractivity contribution in [1.29, 1.82) is 0 Å². The first-order valence-corrected chi connectivity index (χ1v) is 10.8. The summed E-state index contributed by atoms with van der Waals surface area (Å²) < 4.78 is 37.9. The molecule has 0 N–H and O–H groups in total. The Kier molecular flexibility index (Phi) is 6.80. The Morgan fingerprint density at radius 1 is 1.33 bits per heavy atom. The number of methoxy groups -OCH3 is 1. The minimum atomic E-state index is -3.62. The van der Waals surface area contributed by atoms with Crippen LogP contribution in [0.3, 0.4) is 0 Å². The van der Waals surface area contributed by atoms with Crippen molar-refractivity contribution in [3.8, 4) is 0 Å². The normalized spacial score (nSPS) is 22.5. The van der Waals surface area contributed by atoms with Gasteiger partial charge in [0.25, 0.3) is 0 Å². The molecule has 0 radical (unpaired) electrons. The molecule has 150 valence electrons. The molecule has 2 aliphatic rings.